The highest BCUT2D eigenvalue weighted by molar-refractivity contribution is 5.75. The molecule has 6 nitrogen and oxygen atoms in total. The first-order valence-electron chi connectivity index (χ1n) is 4.00. The van der Waals surface area contributed by atoms with E-state index in [1.165, 1.54) is 0 Å². The van der Waals surface area contributed by atoms with Gasteiger partial charge < -0.3 is 21.9 Å². The van der Waals surface area contributed by atoms with Gasteiger partial charge in [0.15, 0.2) is 5.96 Å². The Balaban J connectivity index is 3.72. The maximum absolute atomic E-state index is 10.3. The van der Waals surface area contributed by atoms with Crippen LogP contribution in [0.5, 0.6) is 0 Å². The number of nitrogens with zero attached hydrogens (tertiary/aromatic N) is 1. The van der Waals surface area contributed by atoms with Crippen LogP contribution in [0.1, 0.15) is 12.8 Å². The van der Waals surface area contributed by atoms with Gasteiger partial charge in [0, 0.05) is 12.6 Å². The Morgan fingerprint density at radius 3 is 2.62 bits per heavy atom. The summed E-state index contributed by atoms with van der Waals surface area (Å²) in [6.45, 7) is 0.446. The van der Waals surface area contributed by atoms with Gasteiger partial charge in [0.2, 0.25) is 0 Å². The molecule has 0 aliphatic carbocycles. The molecular formula is C7H16N4O2. The highest BCUT2D eigenvalue weighted by Crippen LogP contribution is 1.97. The first-order chi connectivity index (χ1) is 6.06. The molecule has 0 saturated heterocycles. The van der Waals surface area contributed by atoms with Crippen LogP contribution in [-0.2, 0) is 4.79 Å². The van der Waals surface area contributed by atoms with Gasteiger partial charge in [0.05, 0.1) is 6.42 Å². The maximum Gasteiger partial charge on any atom is 0.304 e. The zero-order valence-electron chi connectivity index (χ0n) is 7.66. The highest BCUT2D eigenvalue weighted by atomic mass is 16.4. The fraction of sp³-hybridized carbons (Fsp3) is 0.714. The molecule has 0 radical (unpaired) electrons. The van der Waals surface area contributed by atoms with E-state index in [-0.39, 0.29) is 18.4 Å². The molecule has 0 aliphatic rings. The topological polar surface area (TPSA) is 114 Å². The Hall–Kier alpha value is -1.30. The zero-order valence-corrected chi connectivity index (χ0v) is 7.66. The predicted octanol–water partition coefficient (Wildman–Crippen LogP) is -1.29. The highest BCUT2D eigenvalue weighted by Gasteiger charge is 2.09. The summed E-state index contributed by atoms with van der Waals surface area (Å²) in [6.07, 6.45) is 0.692. The molecule has 6 N–H and O–H groups in total. The molecule has 0 aromatic carbocycles. The van der Waals surface area contributed by atoms with Crippen LogP contribution in [0.25, 0.3) is 0 Å². The lowest BCUT2D eigenvalue weighted by molar-refractivity contribution is -0.137. The summed E-state index contributed by atoms with van der Waals surface area (Å²) in [5.74, 6) is -0.797. The van der Waals surface area contributed by atoms with Crippen molar-refractivity contribution in [1.82, 2.24) is 5.32 Å². The summed E-state index contributed by atoms with van der Waals surface area (Å²) in [5, 5.41) is 11.4. The lowest BCUT2D eigenvalue weighted by atomic mass is 10.1. The second-order valence-corrected chi connectivity index (χ2v) is 2.68. The average Bonchev–Trinajstić information content (AvgIpc) is 2.01. The molecule has 0 spiro atoms. The third-order valence-electron chi connectivity index (χ3n) is 1.60. The summed E-state index contributed by atoms with van der Waals surface area (Å²) in [4.78, 5) is 14.1. The van der Waals surface area contributed by atoms with E-state index >= 15 is 0 Å². The van der Waals surface area contributed by atoms with Crippen molar-refractivity contribution >= 4 is 11.9 Å². The molecule has 1 atom stereocenters. The number of hydrogen-bond donors (Lipinski definition) is 4. The van der Waals surface area contributed by atoms with Crippen LogP contribution < -0.4 is 16.8 Å². The average molecular weight is 188 g/mol. The molecule has 0 unspecified atom stereocenters. The molecule has 6 heteroatoms. The van der Waals surface area contributed by atoms with E-state index in [4.69, 9.17) is 16.6 Å². The third kappa shape index (κ3) is 7.07. The molecule has 0 saturated carbocycles. The molecule has 0 aliphatic heterocycles. The second kappa shape index (κ2) is 6.24. The Morgan fingerprint density at radius 2 is 2.23 bits per heavy atom. The molecule has 0 amide bonds. The summed E-state index contributed by atoms with van der Waals surface area (Å²) < 4.78 is 0. The van der Waals surface area contributed by atoms with Crippen LogP contribution in [0, 0.1) is 0 Å². The second-order valence-electron chi connectivity index (χ2n) is 2.68. The number of carboxylic acid groups (broad SMARTS) is 1. The minimum atomic E-state index is -0.830. The molecule has 0 fully saturated rings. The van der Waals surface area contributed by atoms with Gasteiger partial charge in [0.1, 0.15) is 0 Å². The van der Waals surface area contributed by atoms with E-state index in [1.54, 1.807) is 7.05 Å². The minimum absolute atomic E-state index is 0.0326. The van der Waals surface area contributed by atoms with Crippen molar-refractivity contribution in [3.8, 4) is 0 Å². The van der Waals surface area contributed by atoms with Gasteiger partial charge in [-0.05, 0) is 13.5 Å². The fourth-order valence-electron chi connectivity index (χ4n) is 0.909. The van der Waals surface area contributed by atoms with Crippen molar-refractivity contribution in [2.24, 2.45) is 16.5 Å². The van der Waals surface area contributed by atoms with E-state index in [2.05, 4.69) is 10.3 Å². The van der Waals surface area contributed by atoms with Crippen LogP contribution in [-0.4, -0.2) is 36.7 Å². The summed E-state index contributed by atoms with van der Waals surface area (Å²) in [7, 11) is 1.71. The third-order valence-corrected chi connectivity index (χ3v) is 1.60. The molecular weight excluding hydrogens is 172 g/mol. The number of rotatable bonds is 6. The van der Waals surface area contributed by atoms with Crippen LogP contribution >= 0.6 is 0 Å². The van der Waals surface area contributed by atoms with Gasteiger partial charge >= 0.3 is 5.97 Å². The van der Waals surface area contributed by atoms with Crippen LogP contribution in [0.2, 0.25) is 0 Å². The van der Waals surface area contributed by atoms with E-state index < -0.39 is 5.97 Å². The van der Waals surface area contributed by atoms with Crippen molar-refractivity contribution < 1.29 is 9.90 Å². The number of guanidine groups is 1. The Labute approximate surface area is 77.0 Å². The fourth-order valence-corrected chi connectivity index (χ4v) is 0.909. The first kappa shape index (κ1) is 11.7. The Bertz CT molecular complexity index is 189. The van der Waals surface area contributed by atoms with Gasteiger partial charge in [-0.1, -0.05) is 0 Å². The molecule has 76 valence electrons. The largest absolute Gasteiger partial charge is 0.481 e. The molecule has 0 heterocycles. The van der Waals surface area contributed by atoms with Crippen LogP contribution in [0.4, 0.5) is 0 Å². The van der Waals surface area contributed by atoms with Crippen LogP contribution in [0.3, 0.4) is 0 Å². The first-order valence-corrected chi connectivity index (χ1v) is 4.00. The van der Waals surface area contributed by atoms with Crippen molar-refractivity contribution in [3.05, 3.63) is 0 Å². The molecule has 0 aromatic rings. The zero-order chi connectivity index (χ0) is 10.3. The number of aliphatic carboxylic acids is 1. The number of aliphatic imine (C=N–C) groups is 1. The molecule has 13 heavy (non-hydrogen) atoms. The summed E-state index contributed by atoms with van der Waals surface area (Å²) in [6, 6.07) is -0.0828. The van der Waals surface area contributed by atoms with Crippen molar-refractivity contribution in [3.63, 3.8) is 0 Å². The Kier molecular flexibility index (Phi) is 5.62. The van der Waals surface area contributed by atoms with Crippen LogP contribution in [0.15, 0.2) is 4.99 Å². The number of nitrogens with two attached hydrogens (primary N) is 2. The predicted molar refractivity (Wildman–Crippen MR) is 50.4 cm³/mol. The normalized spacial score (nSPS) is 12.1. The number of nitrogens with one attached hydrogen (secondary N) is 1. The Morgan fingerprint density at radius 1 is 1.62 bits per heavy atom. The summed E-state index contributed by atoms with van der Waals surface area (Å²) >= 11 is 0. The SMILES string of the molecule is CN[C@H](CCN=C(N)N)CC(=O)O. The number of carboxylic acids is 1. The lowest BCUT2D eigenvalue weighted by Crippen LogP contribution is -2.29. The van der Waals surface area contributed by atoms with Gasteiger partial charge in [-0.3, -0.25) is 9.79 Å². The number of hydrogen-bond acceptors (Lipinski definition) is 3. The van der Waals surface area contributed by atoms with E-state index in [0.29, 0.717) is 13.0 Å². The minimum Gasteiger partial charge on any atom is -0.481 e. The van der Waals surface area contributed by atoms with Crippen molar-refractivity contribution in [2.75, 3.05) is 13.6 Å². The summed E-state index contributed by atoms with van der Waals surface area (Å²) in [5.41, 5.74) is 10.2. The molecule has 0 rings (SSSR count). The smallest absolute Gasteiger partial charge is 0.304 e. The molecule has 0 bridgehead atoms. The quantitative estimate of drug-likeness (QED) is 0.306. The van der Waals surface area contributed by atoms with Gasteiger partial charge in [-0.15, -0.1) is 0 Å². The molecule has 0 aromatic heterocycles. The maximum atomic E-state index is 10.3. The van der Waals surface area contributed by atoms with E-state index in [9.17, 15) is 4.79 Å². The van der Waals surface area contributed by atoms with Crippen molar-refractivity contribution in [1.29, 1.82) is 0 Å². The monoisotopic (exact) mass is 188 g/mol. The lowest BCUT2D eigenvalue weighted by Gasteiger charge is -2.11. The standard InChI is InChI=1S/C7H16N4O2/c1-10-5(4-6(12)13)2-3-11-7(8)9/h5,10H,2-4H2,1H3,(H,12,13)(H4,8,9,11)/t5-/m1/s1. The number of carbonyl (C=O) groups is 1. The van der Waals surface area contributed by atoms with Gasteiger partial charge in [-0.2, -0.15) is 0 Å². The van der Waals surface area contributed by atoms with Gasteiger partial charge in [-0.25, -0.2) is 0 Å². The van der Waals surface area contributed by atoms with Crippen molar-refractivity contribution in [2.45, 2.75) is 18.9 Å². The van der Waals surface area contributed by atoms with E-state index in [0.717, 1.165) is 0 Å². The van der Waals surface area contributed by atoms with E-state index in [1.807, 2.05) is 0 Å². The van der Waals surface area contributed by atoms with Gasteiger partial charge in [0.25, 0.3) is 0 Å².